The summed E-state index contributed by atoms with van der Waals surface area (Å²) in [6, 6.07) is 19.4. The van der Waals surface area contributed by atoms with Crippen molar-refractivity contribution in [1.82, 2.24) is 14.8 Å². The van der Waals surface area contributed by atoms with Crippen molar-refractivity contribution >= 4 is 34.0 Å². The number of fused-ring (bicyclic) bond motifs is 1. The molecule has 0 aliphatic rings. The zero-order chi connectivity index (χ0) is 17.9. The summed E-state index contributed by atoms with van der Waals surface area (Å²) >= 11 is 6.09. The van der Waals surface area contributed by atoms with Gasteiger partial charge in [0.2, 0.25) is 5.91 Å². The minimum Gasteiger partial charge on any atom is -0.324 e. The molecule has 0 aliphatic carbocycles. The Morgan fingerprint density at radius 2 is 1.88 bits per heavy atom. The maximum absolute atomic E-state index is 12.6. The summed E-state index contributed by atoms with van der Waals surface area (Å²) in [4.78, 5) is 16.5. The van der Waals surface area contributed by atoms with Gasteiger partial charge in [0, 0.05) is 5.02 Å². The predicted molar refractivity (Wildman–Crippen MR) is 103 cm³/mol. The fourth-order valence-electron chi connectivity index (χ4n) is 2.87. The molecule has 1 aromatic heterocycles. The first-order valence-electron chi connectivity index (χ1n) is 8.11. The Hall–Kier alpha value is -3.18. The van der Waals surface area contributed by atoms with Crippen LogP contribution >= 0.6 is 11.6 Å². The van der Waals surface area contributed by atoms with Gasteiger partial charge in [-0.1, -0.05) is 54.1 Å². The molecule has 0 saturated carbocycles. The number of nitrogens with zero attached hydrogens (tertiary/aromatic N) is 3. The van der Waals surface area contributed by atoms with Crippen LogP contribution in [0.2, 0.25) is 5.02 Å². The Bertz CT molecular complexity index is 1080. The van der Waals surface area contributed by atoms with Crippen molar-refractivity contribution in [3.05, 3.63) is 83.9 Å². The van der Waals surface area contributed by atoms with Crippen LogP contribution in [0.1, 0.15) is 5.56 Å². The van der Waals surface area contributed by atoms with E-state index in [0.717, 1.165) is 16.3 Å². The molecular weight excluding hydrogens is 348 g/mol. The van der Waals surface area contributed by atoms with Crippen molar-refractivity contribution in [3.8, 4) is 5.69 Å². The topological polar surface area (TPSA) is 59.8 Å². The van der Waals surface area contributed by atoms with Crippen LogP contribution in [0.5, 0.6) is 0 Å². The second-order valence-electron chi connectivity index (χ2n) is 5.91. The van der Waals surface area contributed by atoms with E-state index in [4.69, 9.17) is 11.6 Å². The van der Waals surface area contributed by atoms with E-state index >= 15 is 0 Å². The minimum atomic E-state index is -0.121. The quantitative estimate of drug-likeness (QED) is 0.590. The Morgan fingerprint density at radius 3 is 2.69 bits per heavy atom. The normalized spacial score (nSPS) is 10.8. The molecule has 1 amide bonds. The number of benzene rings is 3. The summed E-state index contributed by atoms with van der Waals surface area (Å²) in [6.07, 6.45) is 3.28. The van der Waals surface area contributed by atoms with Gasteiger partial charge >= 0.3 is 0 Å². The number of anilines is 1. The van der Waals surface area contributed by atoms with Gasteiger partial charge in [0.25, 0.3) is 0 Å². The summed E-state index contributed by atoms with van der Waals surface area (Å²) in [6.45, 7) is 0. The molecule has 4 aromatic rings. The van der Waals surface area contributed by atoms with Crippen LogP contribution in [-0.4, -0.2) is 20.7 Å². The average Bonchev–Trinajstić information content (AvgIpc) is 3.16. The lowest BCUT2D eigenvalue weighted by molar-refractivity contribution is -0.115. The van der Waals surface area contributed by atoms with Crippen molar-refractivity contribution in [2.24, 2.45) is 0 Å². The van der Waals surface area contributed by atoms with Crippen LogP contribution in [-0.2, 0) is 11.2 Å². The molecule has 0 fully saturated rings. The van der Waals surface area contributed by atoms with E-state index in [0.29, 0.717) is 16.4 Å². The van der Waals surface area contributed by atoms with Crippen LogP contribution in [0.4, 0.5) is 5.69 Å². The van der Waals surface area contributed by atoms with E-state index in [1.165, 1.54) is 6.33 Å². The van der Waals surface area contributed by atoms with E-state index in [1.54, 1.807) is 29.2 Å². The van der Waals surface area contributed by atoms with Crippen molar-refractivity contribution in [3.63, 3.8) is 0 Å². The number of hydrogen-bond acceptors (Lipinski definition) is 3. The Kier molecular flexibility index (Phi) is 4.37. The van der Waals surface area contributed by atoms with Crippen molar-refractivity contribution < 1.29 is 4.79 Å². The van der Waals surface area contributed by atoms with Gasteiger partial charge in [-0.15, -0.1) is 0 Å². The van der Waals surface area contributed by atoms with Gasteiger partial charge in [-0.2, -0.15) is 5.10 Å². The van der Waals surface area contributed by atoms with E-state index in [-0.39, 0.29) is 12.3 Å². The second-order valence-corrected chi connectivity index (χ2v) is 6.34. The summed E-state index contributed by atoms with van der Waals surface area (Å²) in [7, 11) is 0. The van der Waals surface area contributed by atoms with E-state index in [1.807, 2.05) is 36.4 Å². The van der Waals surface area contributed by atoms with Crippen molar-refractivity contribution in [1.29, 1.82) is 0 Å². The number of hydrogen-bond donors (Lipinski definition) is 1. The zero-order valence-corrected chi connectivity index (χ0v) is 14.5. The first-order chi connectivity index (χ1) is 12.7. The van der Waals surface area contributed by atoms with E-state index in [2.05, 4.69) is 21.5 Å². The van der Waals surface area contributed by atoms with Crippen molar-refractivity contribution in [2.75, 3.05) is 5.32 Å². The highest BCUT2D eigenvalue weighted by atomic mass is 35.5. The van der Waals surface area contributed by atoms with Crippen LogP contribution in [0.25, 0.3) is 16.5 Å². The first kappa shape index (κ1) is 16.3. The minimum absolute atomic E-state index is 0.121. The molecule has 0 spiro atoms. The van der Waals surface area contributed by atoms with Gasteiger partial charge in [0.05, 0.1) is 17.8 Å². The molecule has 26 heavy (non-hydrogen) atoms. The second kappa shape index (κ2) is 6.98. The highest BCUT2D eigenvalue weighted by Gasteiger charge is 2.11. The largest absolute Gasteiger partial charge is 0.324 e. The maximum atomic E-state index is 12.6. The molecule has 0 radical (unpaired) electrons. The molecule has 3 aromatic carbocycles. The fraction of sp³-hybridized carbons (Fsp3) is 0.0500. The molecule has 6 heteroatoms. The SMILES string of the molecule is O=C(Cc1ccc2ccccc2c1)Nc1cc(Cl)ccc1-n1cncn1. The van der Waals surface area contributed by atoms with Crippen LogP contribution in [0.3, 0.4) is 0 Å². The first-order valence-corrected chi connectivity index (χ1v) is 8.49. The fourth-order valence-corrected chi connectivity index (χ4v) is 3.04. The molecule has 0 atom stereocenters. The van der Waals surface area contributed by atoms with Gasteiger partial charge in [-0.05, 0) is 34.5 Å². The Balaban J connectivity index is 1.57. The van der Waals surface area contributed by atoms with Gasteiger partial charge in [-0.25, -0.2) is 9.67 Å². The molecule has 5 nitrogen and oxygen atoms in total. The molecule has 0 aliphatic heterocycles. The summed E-state index contributed by atoms with van der Waals surface area (Å²) in [5, 5.41) is 9.84. The number of rotatable bonds is 4. The molecule has 0 bridgehead atoms. The predicted octanol–water partition coefficient (Wildman–Crippen LogP) is 4.26. The van der Waals surface area contributed by atoms with Crippen LogP contribution < -0.4 is 5.32 Å². The van der Waals surface area contributed by atoms with Gasteiger partial charge in [0.15, 0.2) is 0 Å². The number of carbonyl (C=O) groups is 1. The molecular formula is C20H15ClN4O. The van der Waals surface area contributed by atoms with Crippen molar-refractivity contribution in [2.45, 2.75) is 6.42 Å². The molecule has 4 rings (SSSR count). The molecule has 0 saturated heterocycles. The van der Waals surface area contributed by atoms with E-state index < -0.39 is 0 Å². The summed E-state index contributed by atoms with van der Waals surface area (Å²) < 4.78 is 1.59. The Morgan fingerprint density at radius 1 is 1.04 bits per heavy atom. The number of aromatic nitrogens is 3. The third-order valence-electron chi connectivity index (χ3n) is 4.08. The lowest BCUT2D eigenvalue weighted by atomic mass is 10.0. The Labute approximate surface area is 155 Å². The lowest BCUT2D eigenvalue weighted by Gasteiger charge is -2.11. The smallest absolute Gasteiger partial charge is 0.228 e. The number of amides is 1. The van der Waals surface area contributed by atoms with E-state index in [9.17, 15) is 4.79 Å². The van der Waals surface area contributed by atoms with Gasteiger partial charge < -0.3 is 5.32 Å². The molecule has 128 valence electrons. The standard InChI is InChI=1S/C20H15ClN4O/c21-17-7-8-19(25-13-22-12-23-25)18(11-17)24-20(26)10-14-5-6-15-3-1-2-4-16(15)9-14/h1-9,11-13H,10H2,(H,24,26). The molecule has 1 heterocycles. The number of halogens is 1. The monoisotopic (exact) mass is 362 g/mol. The van der Waals surface area contributed by atoms with Crippen LogP contribution in [0.15, 0.2) is 73.3 Å². The third kappa shape index (κ3) is 3.43. The van der Waals surface area contributed by atoms with Crippen LogP contribution in [0, 0.1) is 0 Å². The summed E-state index contributed by atoms with van der Waals surface area (Å²) in [5.41, 5.74) is 2.25. The highest BCUT2D eigenvalue weighted by molar-refractivity contribution is 6.31. The maximum Gasteiger partial charge on any atom is 0.228 e. The van der Waals surface area contributed by atoms with Gasteiger partial charge in [0.1, 0.15) is 12.7 Å². The van der Waals surface area contributed by atoms with Gasteiger partial charge in [-0.3, -0.25) is 4.79 Å². The third-order valence-corrected chi connectivity index (χ3v) is 4.31. The number of carbonyl (C=O) groups excluding carboxylic acids is 1. The summed E-state index contributed by atoms with van der Waals surface area (Å²) in [5.74, 6) is -0.121. The highest BCUT2D eigenvalue weighted by Crippen LogP contribution is 2.24. The number of nitrogens with one attached hydrogen (secondary N) is 1. The molecule has 0 unspecified atom stereocenters. The average molecular weight is 363 g/mol. The lowest BCUT2D eigenvalue weighted by Crippen LogP contribution is -2.16. The molecule has 1 N–H and O–H groups in total. The zero-order valence-electron chi connectivity index (χ0n) is 13.8.